The molecule has 1 atom stereocenters. The third-order valence-electron chi connectivity index (χ3n) is 2.18. The van der Waals surface area contributed by atoms with Crippen molar-refractivity contribution in [2.45, 2.75) is 44.6 Å². The molecular formula is C7H14O3S. The van der Waals surface area contributed by atoms with Crippen LogP contribution >= 0.6 is 0 Å². The average Bonchev–Trinajstić information content (AvgIpc) is 1.85. The van der Waals surface area contributed by atoms with Gasteiger partial charge in [-0.25, -0.2) is 0 Å². The minimum absolute atomic E-state index is 0.349. The van der Waals surface area contributed by atoms with Crippen LogP contribution in [-0.4, -0.2) is 14.4 Å². The summed E-state index contributed by atoms with van der Waals surface area (Å²) in [4.78, 5) is 0. The Morgan fingerprint density at radius 2 is 1.91 bits per heavy atom. The fourth-order valence-electron chi connectivity index (χ4n) is 1.56. The van der Waals surface area contributed by atoms with Crippen molar-refractivity contribution in [3.05, 3.63) is 0 Å². The molecule has 3 nitrogen and oxygen atoms in total. The van der Waals surface area contributed by atoms with Crippen LogP contribution in [0.4, 0.5) is 0 Å². The quantitative estimate of drug-likeness (QED) is 0.656. The van der Waals surface area contributed by atoms with Gasteiger partial charge in [-0.15, -0.1) is 0 Å². The van der Waals surface area contributed by atoms with Crippen LogP contribution in [0.2, 0.25) is 0 Å². The van der Waals surface area contributed by atoms with E-state index in [1.165, 1.54) is 6.42 Å². The van der Waals surface area contributed by atoms with Gasteiger partial charge in [-0.05, 0) is 19.8 Å². The van der Waals surface area contributed by atoms with E-state index in [9.17, 15) is 4.21 Å². The second-order valence-electron chi connectivity index (χ2n) is 3.31. The van der Waals surface area contributed by atoms with Gasteiger partial charge in [0.2, 0.25) is 0 Å². The van der Waals surface area contributed by atoms with Crippen LogP contribution in [0.15, 0.2) is 0 Å². The van der Waals surface area contributed by atoms with Crippen molar-refractivity contribution >= 4 is 11.4 Å². The van der Waals surface area contributed by atoms with Gasteiger partial charge in [0.1, 0.15) is 0 Å². The molecule has 0 aliphatic heterocycles. The molecule has 1 rings (SSSR count). The Kier molecular flexibility index (Phi) is 3.04. The van der Waals surface area contributed by atoms with Gasteiger partial charge in [0.05, 0.1) is 5.60 Å². The first-order chi connectivity index (χ1) is 5.12. The molecule has 4 heteroatoms. The zero-order valence-corrected chi connectivity index (χ0v) is 7.52. The van der Waals surface area contributed by atoms with Gasteiger partial charge in [0.15, 0.2) is 0 Å². The van der Waals surface area contributed by atoms with Crippen molar-refractivity contribution in [3.63, 3.8) is 0 Å². The second kappa shape index (κ2) is 3.65. The Labute approximate surface area is 69.6 Å². The summed E-state index contributed by atoms with van der Waals surface area (Å²) in [6.07, 6.45) is 5.23. The molecule has 0 saturated heterocycles. The first-order valence-electron chi connectivity index (χ1n) is 3.93. The summed E-state index contributed by atoms with van der Waals surface area (Å²) in [6.45, 7) is 1.90. The van der Waals surface area contributed by atoms with Crippen molar-refractivity contribution in [1.82, 2.24) is 0 Å². The lowest BCUT2D eigenvalue weighted by molar-refractivity contribution is 0.0538. The van der Waals surface area contributed by atoms with Gasteiger partial charge < -0.3 is 0 Å². The highest BCUT2D eigenvalue weighted by Crippen LogP contribution is 2.31. The van der Waals surface area contributed by atoms with Crippen LogP contribution in [0, 0.1) is 0 Å². The van der Waals surface area contributed by atoms with Gasteiger partial charge in [0.25, 0.3) is 0 Å². The van der Waals surface area contributed by atoms with Crippen molar-refractivity contribution in [2.24, 2.45) is 0 Å². The van der Waals surface area contributed by atoms with Crippen LogP contribution in [0.25, 0.3) is 0 Å². The standard InChI is InChI=1S/C7H14O3S/c1-7(10-11(8)9)5-3-2-4-6-7/h2-6H2,1H3,(H,8,9). The number of rotatable bonds is 2. The van der Waals surface area contributed by atoms with Crippen LogP contribution in [0.5, 0.6) is 0 Å². The molecule has 0 bridgehead atoms. The van der Waals surface area contributed by atoms with Gasteiger partial charge >= 0.3 is 11.4 Å². The first kappa shape index (κ1) is 9.16. The van der Waals surface area contributed by atoms with Gasteiger partial charge in [-0.1, -0.05) is 19.3 Å². The fourth-order valence-corrected chi connectivity index (χ4v) is 2.07. The van der Waals surface area contributed by atoms with Gasteiger partial charge in [-0.2, -0.15) is 4.21 Å². The maximum absolute atomic E-state index is 10.4. The Morgan fingerprint density at radius 3 is 2.36 bits per heavy atom. The molecule has 0 radical (unpaired) electrons. The largest absolute Gasteiger partial charge is 0.302 e. The molecule has 0 aromatic carbocycles. The molecule has 11 heavy (non-hydrogen) atoms. The average molecular weight is 178 g/mol. The van der Waals surface area contributed by atoms with E-state index in [-0.39, 0.29) is 5.60 Å². The van der Waals surface area contributed by atoms with E-state index in [4.69, 9.17) is 8.74 Å². The molecule has 1 N–H and O–H groups in total. The molecule has 1 saturated carbocycles. The maximum atomic E-state index is 10.4. The summed E-state index contributed by atoms with van der Waals surface area (Å²) < 4.78 is 23.8. The Hall–Kier alpha value is 0.0700. The predicted octanol–water partition coefficient (Wildman–Crippen LogP) is 1.86. The summed E-state index contributed by atoms with van der Waals surface area (Å²) in [7, 11) is 0. The van der Waals surface area contributed by atoms with Crippen molar-refractivity contribution in [2.75, 3.05) is 0 Å². The van der Waals surface area contributed by atoms with Crippen LogP contribution < -0.4 is 0 Å². The lowest BCUT2D eigenvalue weighted by Crippen LogP contribution is -2.31. The molecule has 1 aliphatic carbocycles. The Bertz CT molecular complexity index is 152. The van der Waals surface area contributed by atoms with E-state index in [0.717, 1.165) is 25.7 Å². The minimum Gasteiger partial charge on any atom is -0.284 e. The normalized spacial score (nSPS) is 26.4. The molecule has 1 fully saturated rings. The first-order valence-corrected chi connectivity index (χ1v) is 4.96. The SMILES string of the molecule is CC1(OS(=O)O)CCCCC1. The summed E-state index contributed by atoms with van der Waals surface area (Å²) in [5.74, 6) is 0. The van der Waals surface area contributed by atoms with Gasteiger partial charge in [-0.3, -0.25) is 8.74 Å². The monoisotopic (exact) mass is 178 g/mol. The maximum Gasteiger partial charge on any atom is 0.302 e. The van der Waals surface area contributed by atoms with Crippen LogP contribution in [-0.2, 0) is 15.5 Å². The van der Waals surface area contributed by atoms with E-state index in [2.05, 4.69) is 0 Å². The number of hydrogen-bond donors (Lipinski definition) is 1. The number of hydrogen-bond acceptors (Lipinski definition) is 2. The van der Waals surface area contributed by atoms with Crippen LogP contribution in [0.3, 0.4) is 0 Å². The topological polar surface area (TPSA) is 46.5 Å². The molecule has 0 aromatic rings. The third-order valence-corrected chi connectivity index (χ3v) is 2.73. The third kappa shape index (κ3) is 2.89. The fraction of sp³-hybridized carbons (Fsp3) is 1.00. The summed E-state index contributed by atoms with van der Waals surface area (Å²) in [5.41, 5.74) is -0.349. The molecule has 66 valence electrons. The molecule has 0 aromatic heterocycles. The summed E-state index contributed by atoms with van der Waals surface area (Å²) in [5, 5.41) is 0. The predicted molar refractivity (Wildman–Crippen MR) is 43.3 cm³/mol. The highest BCUT2D eigenvalue weighted by molar-refractivity contribution is 7.74. The summed E-state index contributed by atoms with van der Waals surface area (Å²) >= 11 is -2.10. The highest BCUT2D eigenvalue weighted by atomic mass is 32.2. The van der Waals surface area contributed by atoms with Gasteiger partial charge in [0, 0.05) is 0 Å². The molecule has 0 spiro atoms. The molecule has 0 heterocycles. The van der Waals surface area contributed by atoms with E-state index in [1.54, 1.807) is 0 Å². The highest BCUT2D eigenvalue weighted by Gasteiger charge is 2.29. The van der Waals surface area contributed by atoms with Crippen molar-refractivity contribution < 1.29 is 12.9 Å². The van der Waals surface area contributed by atoms with E-state index >= 15 is 0 Å². The van der Waals surface area contributed by atoms with E-state index in [0.29, 0.717) is 0 Å². The van der Waals surface area contributed by atoms with Crippen molar-refractivity contribution in [1.29, 1.82) is 0 Å². The smallest absolute Gasteiger partial charge is 0.284 e. The molecular weight excluding hydrogens is 164 g/mol. The zero-order chi connectivity index (χ0) is 8.32. The second-order valence-corrected chi connectivity index (χ2v) is 3.91. The Balaban J connectivity index is 2.43. The van der Waals surface area contributed by atoms with E-state index in [1.807, 2.05) is 6.92 Å². The van der Waals surface area contributed by atoms with Crippen molar-refractivity contribution in [3.8, 4) is 0 Å². The van der Waals surface area contributed by atoms with E-state index < -0.39 is 11.4 Å². The zero-order valence-electron chi connectivity index (χ0n) is 6.71. The Morgan fingerprint density at radius 1 is 1.36 bits per heavy atom. The molecule has 1 unspecified atom stereocenters. The minimum atomic E-state index is -2.10. The molecule has 0 amide bonds. The van der Waals surface area contributed by atoms with Crippen LogP contribution in [0.1, 0.15) is 39.0 Å². The molecule has 1 aliphatic rings. The summed E-state index contributed by atoms with van der Waals surface area (Å²) in [6, 6.07) is 0. The lowest BCUT2D eigenvalue weighted by atomic mass is 9.87. The lowest BCUT2D eigenvalue weighted by Gasteiger charge is -2.30.